The van der Waals surface area contributed by atoms with Crippen LogP contribution in [0, 0.1) is 0 Å². The van der Waals surface area contributed by atoms with Crippen LogP contribution in [0.3, 0.4) is 0 Å². The van der Waals surface area contributed by atoms with Gasteiger partial charge < -0.3 is 5.32 Å². The van der Waals surface area contributed by atoms with Crippen molar-refractivity contribution in [2.45, 2.75) is 51.7 Å². The highest BCUT2D eigenvalue weighted by atomic mass is 32.2. The number of piperazine rings is 1. The van der Waals surface area contributed by atoms with E-state index in [4.69, 9.17) is 0 Å². The summed E-state index contributed by atoms with van der Waals surface area (Å²) in [6, 6.07) is 0.890. The Bertz CT molecular complexity index is 397. The van der Waals surface area contributed by atoms with Gasteiger partial charge in [-0.05, 0) is 26.3 Å². The molecule has 0 radical (unpaired) electrons. The van der Waals surface area contributed by atoms with Gasteiger partial charge in [-0.1, -0.05) is 13.8 Å². The predicted molar refractivity (Wildman–Crippen MR) is 77.7 cm³/mol. The van der Waals surface area contributed by atoms with E-state index in [1.165, 1.54) is 6.42 Å². The third kappa shape index (κ3) is 3.68. The lowest BCUT2D eigenvalue weighted by Gasteiger charge is -2.41. The Labute approximate surface area is 117 Å². The zero-order valence-electron chi connectivity index (χ0n) is 12.3. The van der Waals surface area contributed by atoms with Crippen molar-refractivity contribution >= 4 is 10.0 Å². The second-order valence-corrected chi connectivity index (χ2v) is 8.18. The Hall–Kier alpha value is -0.170. The van der Waals surface area contributed by atoms with Crippen LogP contribution < -0.4 is 5.32 Å². The van der Waals surface area contributed by atoms with Gasteiger partial charge in [0.15, 0.2) is 0 Å². The summed E-state index contributed by atoms with van der Waals surface area (Å²) in [4.78, 5) is 2.45. The smallest absolute Gasteiger partial charge is 0.215 e. The summed E-state index contributed by atoms with van der Waals surface area (Å²) in [5.74, 6) is 0.211. The molecule has 0 saturated carbocycles. The van der Waals surface area contributed by atoms with E-state index >= 15 is 0 Å². The number of fused-ring (bicyclic) bond motifs is 1. The van der Waals surface area contributed by atoms with Gasteiger partial charge in [0.2, 0.25) is 10.0 Å². The van der Waals surface area contributed by atoms with Crippen molar-refractivity contribution in [3.8, 4) is 0 Å². The Morgan fingerprint density at radius 3 is 2.74 bits per heavy atom. The van der Waals surface area contributed by atoms with Crippen LogP contribution in [0.4, 0.5) is 0 Å². The monoisotopic (exact) mass is 289 g/mol. The second kappa shape index (κ2) is 6.08. The number of rotatable bonds is 5. The van der Waals surface area contributed by atoms with Crippen LogP contribution in [0.15, 0.2) is 0 Å². The van der Waals surface area contributed by atoms with Gasteiger partial charge in [-0.15, -0.1) is 0 Å². The molecule has 2 rings (SSSR count). The minimum atomic E-state index is -3.12. The van der Waals surface area contributed by atoms with Gasteiger partial charge in [0.1, 0.15) is 0 Å². The topological polar surface area (TPSA) is 52.7 Å². The van der Waals surface area contributed by atoms with Gasteiger partial charge in [-0.2, -0.15) is 4.31 Å². The molecule has 2 aliphatic heterocycles. The maximum Gasteiger partial charge on any atom is 0.215 e. The highest BCUT2D eigenvalue weighted by Crippen LogP contribution is 2.26. The summed E-state index contributed by atoms with van der Waals surface area (Å²) in [5.41, 5.74) is 0. The van der Waals surface area contributed by atoms with Gasteiger partial charge >= 0.3 is 0 Å². The molecule has 2 aliphatic rings. The molecule has 2 saturated heterocycles. The molecule has 0 aromatic rings. The SMILES string of the molecule is CC(C)NCCS(=O)(=O)N1CC2CCCN2CC1C. The van der Waals surface area contributed by atoms with Crippen molar-refractivity contribution in [1.82, 2.24) is 14.5 Å². The molecule has 5 nitrogen and oxygen atoms in total. The van der Waals surface area contributed by atoms with Crippen LogP contribution in [-0.2, 0) is 10.0 Å². The molecule has 0 aliphatic carbocycles. The van der Waals surface area contributed by atoms with Crippen LogP contribution in [-0.4, -0.2) is 67.7 Å². The quantitative estimate of drug-likeness (QED) is 0.800. The van der Waals surface area contributed by atoms with Crippen molar-refractivity contribution in [2.75, 3.05) is 31.9 Å². The highest BCUT2D eigenvalue weighted by Gasteiger charge is 2.39. The minimum Gasteiger partial charge on any atom is -0.313 e. The van der Waals surface area contributed by atoms with Gasteiger partial charge in [-0.3, -0.25) is 4.90 Å². The third-order valence-electron chi connectivity index (χ3n) is 4.15. The molecule has 1 N–H and O–H groups in total. The molecule has 0 aromatic heterocycles. The van der Waals surface area contributed by atoms with E-state index in [0.29, 0.717) is 25.2 Å². The Morgan fingerprint density at radius 1 is 1.32 bits per heavy atom. The summed E-state index contributed by atoms with van der Waals surface area (Å²) >= 11 is 0. The summed E-state index contributed by atoms with van der Waals surface area (Å²) < 4.78 is 26.6. The van der Waals surface area contributed by atoms with E-state index in [1.807, 2.05) is 20.8 Å². The first kappa shape index (κ1) is 15.2. The average molecular weight is 289 g/mol. The molecule has 0 aromatic carbocycles. The first-order chi connectivity index (χ1) is 8.90. The maximum atomic E-state index is 12.4. The number of nitrogens with one attached hydrogen (secondary N) is 1. The first-order valence-corrected chi connectivity index (χ1v) is 8.98. The number of hydrogen-bond acceptors (Lipinski definition) is 4. The molecule has 0 amide bonds. The minimum absolute atomic E-state index is 0.110. The van der Waals surface area contributed by atoms with E-state index in [1.54, 1.807) is 4.31 Å². The molecule has 2 heterocycles. The Balaban J connectivity index is 1.95. The fourth-order valence-electron chi connectivity index (χ4n) is 3.14. The second-order valence-electron chi connectivity index (χ2n) is 6.13. The largest absolute Gasteiger partial charge is 0.313 e. The molecule has 0 bridgehead atoms. The highest BCUT2D eigenvalue weighted by molar-refractivity contribution is 7.89. The van der Waals surface area contributed by atoms with Crippen molar-refractivity contribution in [1.29, 1.82) is 0 Å². The van der Waals surface area contributed by atoms with Crippen LogP contribution in [0.1, 0.15) is 33.6 Å². The zero-order valence-corrected chi connectivity index (χ0v) is 13.1. The van der Waals surface area contributed by atoms with E-state index in [2.05, 4.69) is 10.2 Å². The summed E-state index contributed by atoms with van der Waals surface area (Å²) in [6.07, 6.45) is 2.35. The number of nitrogens with zero attached hydrogens (tertiary/aromatic N) is 2. The molecule has 2 atom stereocenters. The Morgan fingerprint density at radius 2 is 2.05 bits per heavy atom. The lowest BCUT2D eigenvalue weighted by atomic mass is 10.1. The van der Waals surface area contributed by atoms with E-state index in [0.717, 1.165) is 19.5 Å². The fourth-order valence-corrected chi connectivity index (χ4v) is 4.77. The average Bonchev–Trinajstić information content (AvgIpc) is 2.73. The summed E-state index contributed by atoms with van der Waals surface area (Å²) in [5, 5.41) is 3.19. The summed E-state index contributed by atoms with van der Waals surface area (Å²) in [7, 11) is -3.12. The molecule has 2 unspecified atom stereocenters. The van der Waals surface area contributed by atoms with Crippen LogP contribution in [0.25, 0.3) is 0 Å². The van der Waals surface area contributed by atoms with E-state index < -0.39 is 10.0 Å². The number of hydrogen-bond donors (Lipinski definition) is 1. The molecular weight excluding hydrogens is 262 g/mol. The van der Waals surface area contributed by atoms with E-state index in [9.17, 15) is 8.42 Å². The van der Waals surface area contributed by atoms with Crippen molar-refractivity contribution in [2.24, 2.45) is 0 Å². The first-order valence-electron chi connectivity index (χ1n) is 7.37. The lowest BCUT2D eigenvalue weighted by Crippen LogP contribution is -2.57. The zero-order chi connectivity index (χ0) is 14.0. The van der Waals surface area contributed by atoms with Gasteiger partial charge in [-0.25, -0.2) is 8.42 Å². The van der Waals surface area contributed by atoms with Crippen LogP contribution >= 0.6 is 0 Å². The number of sulfonamides is 1. The Kier molecular flexibility index (Phi) is 4.87. The molecule has 2 fully saturated rings. The predicted octanol–water partition coefficient (Wildman–Crippen LogP) is 0.483. The lowest BCUT2D eigenvalue weighted by molar-refractivity contribution is 0.117. The van der Waals surface area contributed by atoms with Crippen molar-refractivity contribution in [3.05, 3.63) is 0 Å². The standard InChI is InChI=1S/C13H27N3O2S/c1-11(2)14-6-8-19(17,18)16-10-13-5-4-7-15(13)9-12(16)3/h11-14H,4-10H2,1-3H3. The van der Waals surface area contributed by atoms with E-state index in [-0.39, 0.29) is 11.8 Å². The fraction of sp³-hybridized carbons (Fsp3) is 1.00. The molecule has 0 spiro atoms. The molecule has 112 valence electrons. The van der Waals surface area contributed by atoms with Gasteiger partial charge in [0.05, 0.1) is 5.75 Å². The van der Waals surface area contributed by atoms with Gasteiger partial charge in [0, 0.05) is 37.8 Å². The third-order valence-corrected chi connectivity index (χ3v) is 6.09. The molecule has 6 heteroatoms. The summed E-state index contributed by atoms with van der Waals surface area (Å²) in [6.45, 7) is 9.35. The van der Waals surface area contributed by atoms with Crippen molar-refractivity contribution < 1.29 is 8.42 Å². The van der Waals surface area contributed by atoms with Crippen molar-refractivity contribution in [3.63, 3.8) is 0 Å². The maximum absolute atomic E-state index is 12.4. The molecule has 19 heavy (non-hydrogen) atoms. The van der Waals surface area contributed by atoms with Crippen LogP contribution in [0.5, 0.6) is 0 Å². The van der Waals surface area contributed by atoms with Gasteiger partial charge in [0.25, 0.3) is 0 Å². The molecular formula is C13H27N3O2S. The normalized spacial score (nSPS) is 29.9. The van der Waals surface area contributed by atoms with Crippen LogP contribution in [0.2, 0.25) is 0 Å².